The molecule has 0 spiro atoms. The SMILES string of the molecule is CCCC(C)(C)OOC1(OOC(C)(C)CCC)CCCCCC(OOC(C)(C)C)(OOC(C)(C)C)CCCCC1. The molecule has 1 fully saturated rings. The average molecular weight is 577 g/mol. The fraction of sp³-hybridized carbons (Fsp3) is 1.00. The highest BCUT2D eigenvalue weighted by Gasteiger charge is 2.41. The molecule has 0 aromatic heterocycles. The van der Waals surface area contributed by atoms with Gasteiger partial charge in [0.2, 0.25) is 11.6 Å². The summed E-state index contributed by atoms with van der Waals surface area (Å²) in [4.78, 5) is 48.2. The van der Waals surface area contributed by atoms with E-state index in [1.54, 1.807) is 0 Å². The van der Waals surface area contributed by atoms with Crippen LogP contribution in [0, 0.1) is 0 Å². The summed E-state index contributed by atoms with van der Waals surface area (Å²) in [7, 11) is 0. The van der Waals surface area contributed by atoms with E-state index in [4.69, 9.17) is 39.1 Å². The van der Waals surface area contributed by atoms with Crippen LogP contribution < -0.4 is 0 Å². The largest absolute Gasteiger partial charge is 0.234 e. The zero-order chi connectivity index (χ0) is 30.6. The van der Waals surface area contributed by atoms with Crippen LogP contribution in [0.5, 0.6) is 0 Å². The molecule has 0 bridgehead atoms. The van der Waals surface area contributed by atoms with Gasteiger partial charge in [0, 0.05) is 25.7 Å². The van der Waals surface area contributed by atoms with Crippen molar-refractivity contribution < 1.29 is 39.1 Å². The smallest absolute Gasteiger partial charge is 0.228 e. The van der Waals surface area contributed by atoms with Gasteiger partial charge in [-0.1, -0.05) is 39.5 Å². The first-order valence-electron chi connectivity index (χ1n) is 15.8. The zero-order valence-electron chi connectivity index (χ0n) is 28.2. The van der Waals surface area contributed by atoms with Gasteiger partial charge in [0.05, 0.1) is 22.4 Å². The van der Waals surface area contributed by atoms with Crippen LogP contribution in [0.3, 0.4) is 0 Å². The summed E-state index contributed by atoms with van der Waals surface area (Å²) in [6.07, 6.45) is 11.7. The van der Waals surface area contributed by atoms with Gasteiger partial charge < -0.3 is 0 Å². The quantitative estimate of drug-likeness (QED) is 0.115. The van der Waals surface area contributed by atoms with Gasteiger partial charge in [0.25, 0.3) is 0 Å². The maximum atomic E-state index is 6.22. The minimum atomic E-state index is -0.968. The molecule has 0 N–H and O–H groups in total. The fourth-order valence-electron chi connectivity index (χ4n) is 4.61. The van der Waals surface area contributed by atoms with Crippen molar-refractivity contribution in [1.82, 2.24) is 0 Å². The Morgan fingerprint density at radius 1 is 0.425 bits per heavy atom. The molecule has 1 aliphatic carbocycles. The maximum Gasteiger partial charge on any atom is 0.234 e. The predicted molar refractivity (Wildman–Crippen MR) is 158 cm³/mol. The molecule has 0 unspecified atom stereocenters. The van der Waals surface area contributed by atoms with Gasteiger partial charge >= 0.3 is 0 Å². The van der Waals surface area contributed by atoms with Crippen LogP contribution >= 0.6 is 0 Å². The molecule has 0 heterocycles. The fourth-order valence-corrected chi connectivity index (χ4v) is 4.61. The van der Waals surface area contributed by atoms with Gasteiger partial charge in [0.15, 0.2) is 0 Å². The van der Waals surface area contributed by atoms with Gasteiger partial charge in [-0.2, -0.15) is 19.6 Å². The van der Waals surface area contributed by atoms with Crippen molar-refractivity contribution in [2.75, 3.05) is 0 Å². The normalized spacial score (nSPS) is 20.1. The van der Waals surface area contributed by atoms with Gasteiger partial charge in [-0.3, -0.25) is 0 Å². The summed E-state index contributed by atoms with van der Waals surface area (Å²) < 4.78 is 0. The Balaban J connectivity index is 3.07. The van der Waals surface area contributed by atoms with Gasteiger partial charge in [-0.25, -0.2) is 19.6 Å². The first-order valence-corrected chi connectivity index (χ1v) is 15.8. The second-order valence-electron chi connectivity index (χ2n) is 14.9. The second-order valence-corrected chi connectivity index (χ2v) is 14.9. The lowest BCUT2D eigenvalue weighted by Crippen LogP contribution is -2.43. The van der Waals surface area contributed by atoms with E-state index in [-0.39, 0.29) is 0 Å². The van der Waals surface area contributed by atoms with E-state index >= 15 is 0 Å². The third kappa shape index (κ3) is 16.4. The van der Waals surface area contributed by atoms with Crippen molar-refractivity contribution >= 4 is 0 Å². The van der Waals surface area contributed by atoms with Crippen LogP contribution in [0.25, 0.3) is 0 Å². The van der Waals surface area contributed by atoms with Gasteiger partial charge in [-0.05, 0) is 108 Å². The Morgan fingerprint density at radius 2 is 0.700 bits per heavy atom. The first kappa shape index (κ1) is 37.7. The molecule has 0 saturated heterocycles. The minimum Gasteiger partial charge on any atom is -0.228 e. The minimum absolute atomic E-state index is 0.415. The molecule has 8 heteroatoms. The first-order chi connectivity index (χ1) is 18.4. The van der Waals surface area contributed by atoms with Crippen molar-refractivity contribution in [1.29, 1.82) is 0 Å². The van der Waals surface area contributed by atoms with Crippen LogP contribution in [0.1, 0.15) is 173 Å². The molecule has 0 aromatic carbocycles. The molecule has 0 atom stereocenters. The summed E-state index contributed by atoms with van der Waals surface area (Å²) in [5.41, 5.74) is -1.76. The Labute approximate surface area is 246 Å². The highest BCUT2D eigenvalue weighted by atomic mass is 17.3. The molecule has 0 aromatic rings. The summed E-state index contributed by atoms with van der Waals surface area (Å²) in [5.74, 6) is -1.94. The average Bonchev–Trinajstić information content (AvgIpc) is 2.81. The van der Waals surface area contributed by atoms with E-state index < -0.39 is 34.0 Å². The Morgan fingerprint density at radius 3 is 0.950 bits per heavy atom. The molecule has 0 radical (unpaired) electrons. The molecule has 1 saturated carbocycles. The molecule has 0 amide bonds. The molecular formula is C32H64O8. The number of rotatable bonds is 14. The monoisotopic (exact) mass is 576 g/mol. The van der Waals surface area contributed by atoms with Crippen molar-refractivity contribution in [3.63, 3.8) is 0 Å². The standard InChI is InChI=1S/C32H64O8/c1-13-21-29(9,10)35-39-32(40-36-30(11,12)22-14-2)25-19-15-17-23-31(24-18-16-20-26-32,37-33-27(3,4)5)38-34-28(6,7)8/h13-26H2,1-12H3. The van der Waals surface area contributed by atoms with Crippen molar-refractivity contribution in [3.8, 4) is 0 Å². The lowest BCUT2D eigenvalue weighted by atomic mass is 9.94. The van der Waals surface area contributed by atoms with Crippen LogP contribution in [0.2, 0.25) is 0 Å². The molecule has 1 aliphatic rings. The van der Waals surface area contributed by atoms with Crippen LogP contribution in [-0.4, -0.2) is 34.0 Å². The van der Waals surface area contributed by atoms with E-state index in [0.717, 1.165) is 64.2 Å². The van der Waals surface area contributed by atoms with Crippen LogP contribution in [-0.2, 0) is 39.1 Å². The summed E-state index contributed by atoms with van der Waals surface area (Å²) in [6, 6.07) is 0. The topological polar surface area (TPSA) is 73.8 Å². The third-order valence-electron chi connectivity index (χ3n) is 6.66. The molecule has 1 rings (SSSR count). The molecular weight excluding hydrogens is 512 g/mol. The highest BCUT2D eigenvalue weighted by Crippen LogP contribution is 2.37. The van der Waals surface area contributed by atoms with E-state index in [9.17, 15) is 0 Å². The van der Waals surface area contributed by atoms with Crippen molar-refractivity contribution in [2.24, 2.45) is 0 Å². The Kier molecular flexibility index (Phi) is 15.6. The molecule has 40 heavy (non-hydrogen) atoms. The van der Waals surface area contributed by atoms with E-state index in [1.807, 2.05) is 41.5 Å². The summed E-state index contributed by atoms with van der Waals surface area (Å²) in [5, 5.41) is 0. The Bertz CT molecular complexity index is 619. The molecule has 240 valence electrons. The van der Waals surface area contributed by atoms with E-state index in [0.29, 0.717) is 25.7 Å². The Hall–Kier alpha value is -0.320. The van der Waals surface area contributed by atoms with Crippen molar-refractivity contribution in [3.05, 3.63) is 0 Å². The van der Waals surface area contributed by atoms with Gasteiger partial charge in [0.1, 0.15) is 0 Å². The van der Waals surface area contributed by atoms with Crippen molar-refractivity contribution in [2.45, 2.75) is 207 Å². The van der Waals surface area contributed by atoms with Crippen LogP contribution in [0.4, 0.5) is 0 Å². The lowest BCUT2D eigenvalue weighted by Gasteiger charge is -2.38. The third-order valence-corrected chi connectivity index (χ3v) is 6.66. The highest BCUT2D eigenvalue weighted by molar-refractivity contribution is 4.75. The number of hydrogen-bond donors (Lipinski definition) is 0. The predicted octanol–water partition coefficient (Wildman–Crippen LogP) is 9.84. The van der Waals surface area contributed by atoms with Gasteiger partial charge in [-0.15, -0.1) is 0 Å². The van der Waals surface area contributed by atoms with E-state index in [2.05, 4.69) is 41.5 Å². The van der Waals surface area contributed by atoms with E-state index in [1.165, 1.54) is 0 Å². The lowest BCUT2D eigenvalue weighted by molar-refractivity contribution is -0.547. The molecule has 0 aliphatic heterocycles. The zero-order valence-corrected chi connectivity index (χ0v) is 28.2. The number of hydrogen-bond acceptors (Lipinski definition) is 8. The van der Waals surface area contributed by atoms with Crippen LogP contribution in [0.15, 0.2) is 0 Å². The summed E-state index contributed by atoms with van der Waals surface area (Å²) in [6.45, 7) is 24.3. The summed E-state index contributed by atoms with van der Waals surface area (Å²) >= 11 is 0. The second kappa shape index (κ2) is 16.5. The molecule has 8 nitrogen and oxygen atoms in total. The maximum absolute atomic E-state index is 6.22.